The van der Waals surface area contributed by atoms with Crippen molar-refractivity contribution >= 4 is 37.7 Å². The van der Waals surface area contributed by atoms with Gasteiger partial charge >= 0.3 is 0 Å². The number of rotatable bonds is 2. The van der Waals surface area contributed by atoms with Crippen LogP contribution in [0.15, 0.2) is 95.6 Å². The van der Waals surface area contributed by atoms with Gasteiger partial charge in [-0.1, -0.05) is 64.5 Å². The van der Waals surface area contributed by atoms with E-state index >= 15 is 0 Å². The summed E-state index contributed by atoms with van der Waals surface area (Å²) in [5.74, 6) is 0.937. The Balaban J connectivity index is 1.85. The van der Waals surface area contributed by atoms with Gasteiger partial charge < -0.3 is 0 Å². The van der Waals surface area contributed by atoms with Crippen molar-refractivity contribution in [1.82, 2.24) is 9.55 Å². The number of para-hydroxylation sites is 1. The molecule has 0 radical (unpaired) electrons. The second-order valence-corrected chi connectivity index (χ2v) is 7.19. The molecule has 0 bridgehead atoms. The van der Waals surface area contributed by atoms with E-state index in [9.17, 15) is 0 Å². The molecule has 0 aliphatic heterocycles. The van der Waals surface area contributed by atoms with Crippen LogP contribution in [-0.2, 0) is 0 Å². The second kappa shape index (κ2) is 6.11. The largest absolute Gasteiger partial charge is 0.294 e. The van der Waals surface area contributed by atoms with E-state index in [-0.39, 0.29) is 0 Å². The number of fused-ring (bicyclic) bond motifs is 3. The first-order valence-corrected chi connectivity index (χ1v) is 9.31. The highest BCUT2D eigenvalue weighted by molar-refractivity contribution is 9.10. The predicted octanol–water partition coefficient (Wildman–Crippen LogP) is 6.61. The molecule has 3 heteroatoms. The molecular weight excluding hydrogens is 384 g/mol. The number of halogens is 1. The fraction of sp³-hybridized carbons (Fsp3) is 0. The van der Waals surface area contributed by atoms with Gasteiger partial charge in [0.15, 0.2) is 0 Å². The lowest BCUT2D eigenvalue weighted by Crippen LogP contribution is -1.96. The van der Waals surface area contributed by atoms with Crippen molar-refractivity contribution in [3.05, 3.63) is 95.6 Å². The molecule has 0 unspecified atom stereocenters. The lowest BCUT2D eigenvalue weighted by Gasteiger charge is -2.08. The molecule has 2 nitrogen and oxygen atoms in total. The Hall–Kier alpha value is -2.91. The van der Waals surface area contributed by atoms with Gasteiger partial charge in [-0.25, -0.2) is 4.98 Å². The van der Waals surface area contributed by atoms with Crippen LogP contribution in [0.3, 0.4) is 0 Å². The number of aromatic nitrogens is 2. The van der Waals surface area contributed by atoms with Crippen LogP contribution in [0.5, 0.6) is 0 Å². The molecule has 124 valence electrons. The normalized spacial score (nSPS) is 11.3. The molecular formula is C23H15BrN2. The van der Waals surface area contributed by atoms with Crippen LogP contribution in [-0.4, -0.2) is 9.55 Å². The van der Waals surface area contributed by atoms with Crippen LogP contribution < -0.4 is 0 Å². The molecule has 2 heterocycles. The summed E-state index contributed by atoms with van der Waals surface area (Å²) in [6.45, 7) is 0. The van der Waals surface area contributed by atoms with Gasteiger partial charge in [0.2, 0.25) is 0 Å². The third-order valence-electron chi connectivity index (χ3n) is 4.73. The predicted molar refractivity (Wildman–Crippen MR) is 112 cm³/mol. The van der Waals surface area contributed by atoms with E-state index in [1.165, 1.54) is 32.9 Å². The van der Waals surface area contributed by atoms with E-state index < -0.39 is 0 Å². The van der Waals surface area contributed by atoms with Gasteiger partial charge in [-0.3, -0.25) is 4.57 Å². The summed E-state index contributed by atoms with van der Waals surface area (Å²) >= 11 is 3.51. The van der Waals surface area contributed by atoms with Gasteiger partial charge in [0.25, 0.3) is 0 Å². The molecule has 26 heavy (non-hydrogen) atoms. The maximum Gasteiger partial charge on any atom is 0.137 e. The highest BCUT2D eigenvalue weighted by Gasteiger charge is 2.13. The zero-order chi connectivity index (χ0) is 17.5. The van der Waals surface area contributed by atoms with E-state index in [1.54, 1.807) is 0 Å². The quantitative estimate of drug-likeness (QED) is 0.327. The first kappa shape index (κ1) is 15.4. The smallest absolute Gasteiger partial charge is 0.137 e. The van der Waals surface area contributed by atoms with Gasteiger partial charge in [0.1, 0.15) is 5.82 Å². The van der Waals surface area contributed by atoms with Crippen LogP contribution >= 0.6 is 15.9 Å². The van der Waals surface area contributed by atoms with E-state index in [2.05, 4.69) is 98.3 Å². The van der Waals surface area contributed by atoms with E-state index in [1.807, 2.05) is 18.3 Å². The number of nitrogens with zero attached hydrogens (tertiary/aromatic N) is 2. The van der Waals surface area contributed by atoms with Crippen LogP contribution in [0.4, 0.5) is 0 Å². The maximum absolute atomic E-state index is 4.59. The third kappa shape index (κ3) is 2.44. The van der Waals surface area contributed by atoms with E-state index in [0.717, 1.165) is 10.3 Å². The molecule has 2 aromatic heterocycles. The fourth-order valence-electron chi connectivity index (χ4n) is 3.53. The fourth-order valence-corrected chi connectivity index (χ4v) is 3.79. The Morgan fingerprint density at radius 3 is 2.19 bits per heavy atom. The second-order valence-electron chi connectivity index (χ2n) is 6.28. The lowest BCUT2D eigenvalue weighted by molar-refractivity contribution is 1.08. The number of benzene rings is 3. The average Bonchev–Trinajstić information content (AvgIpc) is 3.03. The molecule has 5 aromatic rings. The van der Waals surface area contributed by atoms with Crippen molar-refractivity contribution in [3.63, 3.8) is 0 Å². The van der Waals surface area contributed by atoms with Gasteiger partial charge in [0, 0.05) is 21.4 Å². The number of hydrogen-bond acceptors (Lipinski definition) is 1. The zero-order valence-corrected chi connectivity index (χ0v) is 15.5. The van der Waals surface area contributed by atoms with E-state index in [4.69, 9.17) is 0 Å². The van der Waals surface area contributed by atoms with Crippen LogP contribution in [0.2, 0.25) is 0 Å². The molecule has 0 saturated carbocycles. The van der Waals surface area contributed by atoms with Crippen molar-refractivity contribution in [2.75, 3.05) is 0 Å². The summed E-state index contributed by atoms with van der Waals surface area (Å²) in [6, 6.07) is 29.6. The summed E-state index contributed by atoms with van der Waals surface area (Å²) in [5, 5.41) is 2.49. The van der Waals surface area contributed by atoms with Crippen LogP contribution in [0, 0.1) is 0 Å². The Labute approximate surface area is 159 Å². The molecule has 0 atom stereocenters. The molecule has 0 aliphatic rings. The molecule has 5 rings (SSSR count). The maximum atomic E-state index is 4.59. The highest BCUT2D eigenvalue weighted by atomic mass is 79.9. The number of pyridine rings is 1. The van der Waals surface area contributed by atoms with Gasteiger partial charge in [-0.15, -0.1) is 0 Å². The van der Waals surface area contributed by atoms with Crippen LogP contribution in [0.1, 0.15) is 0 Å². The summed E-state index contributed by atoms with van der Waals surface area (Å²) in [6.07, 6.45) is 1.84. The van der Waals surface area contributed by atoms with Gasteiger partial charge in [0.05, 0.1) is 11.0 Å². The summed E-state index contributed by atoms with van der Waals surface area (Å²) < 4.78 is 3.33. The monoisotopic (exact) mass is 398 g/mol. The van der Waals surface area contributed by atoms with Crippen molar-refractivity contribution in [1.29, 1.82) is 0 Å². The molecule has 0 amide bonds. The first-order chi connectivity index (χ1) is 12.8. The Kier molecular flexibility index (Phi) is 3.61. The summed E-state index contributed by atoms with van der Waals surface area (Å²) in [5.41, 5.74) is 4.75. The van der Waals surface area contributed by atoms with Crippen molar-refractivity contribution < 1.29 is 0 Å². The van der Waals surface area contributed by atoms with Crippen molar-refractivity contribution in [2.45, 2.75) is 0 Å². The SMILES string of the molecule is Brc1ccc(-c2ccc3c4ccccc4n(-c4ccccn4)c3c2)cc1. The summed E-state index contributed by atoms with van der Waals surface area (Å²) in [7, 11) is 0. The Morgan fingerprint density at radius 2 is 1.38 bits per heavy atom. The molecule has 3 aromatic carbocycles. The highest BCUT2D eigenvalue weighted by Crippen LogP contribution is 2.34. The minimum atomic E-state index is 0.937. The molecule has 0 spiro atoms. The standard InChI is InChI=1S/C23H15BrN2/c24-18-11-8-16(9-12-18)17-10-13-20-19-5-1-2-6-21(19)26(22(20)15-17)23-7-3-4-14-25-23/h1-15H. The van der Waals surface area contributed by atoms with Crippen molar-refractivity contribution in [3.8, 4) is 16.9 Å². The minimum Gasteiger partial charge on any atom is -0.294 e. The Morgan fingerprint density at radius 1 is 0.654 bits per heavy atom. The van der Waals surface area contributed by atoms with Crippen molar-refractivity contribution in [2.24, 2.45) is 0 Å². The Bertz CT molecular complexity index is 1220. The molecule has 0 aliphatic carbocycles. The first-order valence-electron chi connectivity index (χ1n) is 8.52. The zero-order valence-electron chi connectivity index (χ0n) is 13.9. The molecule has 0 N–H and O–H groups in total. The molecule has 0 saturated heterocycles. The topological polar surface area (TPSA) is 17.8 Å². The van der Waals surface area contributed by atoms with Crippen LogP contribution in [0.25, 0.3) is 38.8 Å². The molecule has 0 fully saturated rings. The average molecular weight is 399 g/mol. The number of hydrogen-bond donors (Lipinski definition) is 0. The summed E-state index contributed by atoms with van der Waals surface area (Å²) in [4.78, 5) is 4.59. The lowest BCUT2D eigenvalue weighted by atomic mass is 10.0. The third-order valence-corrected chi connectivity index (χ3v) is 5.26. The van der Waals surface area contributed by atoms with E-state index in [0.29, 0.717) is 0 Å². The minimum absolute atomic E-state index is 0.937. The van der Waals surface area contributed by atoms with Gasteiger partial charge in [-0.05, 0) is 47.5 Å². The van der Waals surface area contributed by atoms with Gasteiger partial charge in [-0.2, -0.15) is 0 Å².